The van der Waals surface area contributed by atoms with Crippen LogP contribution in [-0.2, 0) is 0 Å². The first-order chi connectivity index (χ1) is 12.2. The monoisotopic (exact) mass is 352 g/mol. The molecule has 0 radical (unpaired) electrons. The number of aromatic amines is 1. The molecule has 1 unspecified atom stereocenters. The Hall–Kier alpha value is -1.06. The summed E-state index contributed by atoms with van der Waals surface area (Å²) in [6.07, 6.45) is 21.9. The molecule has 25 heavy (non-hydrogen) atoms. The van der Waals surface area contributed by atoms with E-state index in [1.54, 1.807) is 0 Å². The molecule has 1 rings (SSSR count). The summed E-state index contributed by atoms with van der Waals surface area (Å²) >= 11 is 0. The lowest BCUT2D eigenvalue weighted by atomic mass is 10.0. The standard InChI is InChI=1S/C21H40N2O2/c1-3-4-5-6-7-8-9-10-11-12-13-14-15-16-17-18-19(2)20-22-21(24)25-23-20/h19H,3-18H2,1-2H3,(H,22,23,24). The Kier molecular flexibility index (Phi) is 13.4. The molecule has 0 fully saturated rings. The third kappa shape index (κ3) is 12.0. The van der Waals surface area contributed by atoms with E-state index in [1.165, 1.54) is 96.3 Å². The zero-order valence-corrected chi connectivity index (χ0v) is 16.7. The largest absolute Gasteiger partial charge is 0.438 e. The average molecular weight is 353 g/mol. The van der Waals surface area contributed by atoms with E-state index in [0.29, 0.717) is 5.82 Å². The third-order valence-electron chi connectivity index (χ3n) is 5.16. The molecule has 146 valence electrons. The Balaban J connectivity index is 1.78. The normalized spacial score (nSPS) is 12.6. The number of rotatable bonds is 17. The van der Waals surface area contributed by atoms with Gasteiger partial charge in [0.15, 0.2) is 5.82 Å². The van der Waals surface area contributed by atoms with Crippen molar-refractivity contribution < 1.29 is 4.52 Å². The molecule has 1 N–H and O–H groups in total. The number of nitrogens with zero attached hydrogens (tertiary/aromatic N) is 1. The van der Waals surface area contributed by atoms with Gasteiger partial charge in [0.2, 0.25) is 0 Å². The molecule has 4 nitrogen and oxygen atoms in total. The molecular weight excluding hydrogens is 312 g/mol. The van der Waals surface area contributed by atoms with Gasteiger partial charge in [0.25, 0.3) is 0 Å². The number of H-pyrrole nitrogens is 1. The molecule has 0 aliphatic carbocycles. The Bertz CT molecular complexity index is 453. The van der Waals surface area contributed by atoms with Crippen LogP contribution in [0, 0.1) is 0 Å². The number of nitrogens with one attached hydrogen (secondary N) is 1. The number of aromatic nitrogens is 2. The van der Waals surface area contributed by atoms with Crippen molar-refractivity contribution in [2.24, 2.45) is 0 Å². The highest BCUT2D eigenvalue weighted by atomic mass is 16.5. The van der Waals surface area contributed by atoms with Crippen LogP contribution in [0.2, 0.25) is 0 Å². The second kappa shape index (κ2) is 15.2. The van der Waals surface area contributed by atoms with Crippen LogP contribution in [0.4, 0.5) is 0 Å². The topological polar surface area (TPSA) is 58.9 Å². The molecule has 1 aromatic rings. The van der Waals surface area contributed by atoms with Gasteiger partial charge in [-0.3, -0.25) is 9.51 Å². The lowest BCUT2D eigenvalue weighted by Gasteiger charge is -2.07. The lowest BCUT2D eigenvalue weighted by molar-refractivity contribution is 0.376. The maximum Gasteiger partial charge on any atom is 0.438 e. The van der Waals surface area contributed by atoms with E-state index < -0.39 is 5.76 Å². The second-order valence-corrected chi connectivity index (χ2v) is 7.62. The van der Waals surface area contributed by atoms with Crippen molar-refractivity contribution in [3.05, 3.63) is 16.4 Å². The van der Waals surface area contributed by atoms with Crippen molar-refractivity contribution in [3.8, 4) is 0 Å². The van der Waals surface area contributed by atoms with Gasteiger partial charge in [-0.2, -0.15) is 0 Å². The zero-order chi connectivity index (χ0) is 18.2. The van der Waals surface area contributed by atoms with Gasteiger partial charge in [-0.1, -0.05) is 115 Å². The van der Waals surface area contributed by atoms with Crippen molar-refractivity contribution in [1.29, 1.82) is 0 Å². The minimum atomic E-state index is -0.446. The number of unbranched alkanes of at least 4 members (excludes halogenated alkanes) is 14. The fourth-order valence-electron chi connectivity index (χ4n) is 3.41. The molecular formula is C21H40N2O2. The van der Waals surface area contributed by atoms with Crippen LogP contribution in [0.15, 0.2) is 9.32 Å². The third-order valence-corrected chi connectivity index (χ3v) is 5.16. The average Bonchev–Trinajstić information content (AvgIpc) is 3.04. The van der Waals surface area contributed by atoms with Crippen LogP contribution in [0.5, 0.6) is 0 Å². The molecule has 0 aromatic carbocycles. The molecule has 0 aliphatic rings. The summed E-state index contributed by atoms with van der Waals surface area (Å²) in [5.74, 6) is 0.530. The van der Waals surface area contributed by atoms with Crippen molar-refractivity contribution in [2.45, 2.75) is 122 Å². The van der Waals surface area contributed by atoms with E-state index in [4.69, 9.17) is 0 Å². The van der Waals surface area contributed by atoms with E-state index in [0.717, 1.165) is 6.42 Å². The van der Waals surface area contributed by atoms with Gasteiger partial charge in [-0.05, 0) is 6.42 Å². The zero-order valence-electron chi connectivity index (χ0n) is 16.7. The maximum absolute atomic E-state index is 10.9. The van der Waals surface area contributed by atoms with Crippen molar-refractivity contribution >= 4 is 0 Å². The molecule has 0 aliphatic heterocycles. The molecule has 0 bridgehead atoms. The highest BCUT2D eigenvalue weighted by Crippen LogP contribution is 2.19. The summed E-state index contributed by atoms with van der Waals surface area (Å²) < 4.78 is 4.55. The summed E-state index contributed by atoms with van der Waals surface area (Å²) in [5.41, 5.74) is 0. The van der Waals surface area contributed by atoms with Gasteiger partial charge in [-0.15, -0.1) is 0 Å². The first kappa shape index (κ1) is 22.0. The molecule has 0 spiro atoms. The molecule has 4 heteroatoms. The summed E-state index contributed by atoms with van der Waals surface area (Å²) in [6, 6.07) is 0. The second-order valence-electron chi connectivity index (χ2n) is 7.62. The first-order valence-electron chi connectivity index (χ1n) is 10.8. The molecule has 1 heterocycles. The van der Waals surface area contributed by atoms with Gasteiger partial charge in [0, 0.05) is 5.92 Å². The van der Waals surface area contributed by atoms with Gasteiger partial charge in [0.1, 0.15) is 0 Å². The van der Waals surface area contributed by atoms with Gasteiger partial charge >= 0.3 is 5.76 Å². The van der Waals surface area contributed by atoms with Gasteiger partial charge in [-0.25, -0.2) is 4.79 Å². The highest BCUT2D eigenvalue weighted by molar-refractivity contribution is 4.88. The molecule has 0 amide bonds. The quantitative estimate of drug-likeness (QED) is 0.316. The minimum Gasteiger partial charge on any atom is -0.296 e. The Morgan fingerprint density at radius 2 is 1.24 bits per heavy atom. The fraction of sp³-hybridized carbons (Fsp3) is 0.905. The van der Waals surface area contributed by atoms with E-state index in [1.807, 2.05) is 0 Å². The van der Waals surface area contributed by atoms with Crippen LogP contribution in [0.25, 0.3) is 0 Å². The van der Waals surface area contributed by atoms with E-state index in [-0.39, 0.29) is 5.92 Å². The Morgan fingerprint density at radius 1 is 0.800 bits per heavy atom. The van der Waals surface area contributed by atoms with Crippen LogP contribution < -0.4 is 5.76 Å². The van der Waals surface area contributed by atoms with Crippen molar-refractivity contribution in [2.75, 3.05) is 0 Å². The SMILES string of the molecule is CCCCCCCCCCCCCCCCCC(C)c1noc(=O)[nH]1. The highest BCUT2D eigenvalue weighted by Gasteiger charge is 2.10. The first-order valence-corrected chi connectivity index (χ1v) is 10.8. The van der Waals surface area contributed by atoms with Crippen LogP contribution in [-0.4, -0.2) is 10.1 Å². The van der Waals surface area contributed by atoms with Crippen LogP contribution in [0.1, 0.15) is 128 Å². The van der Waals surface area contributed by atoms with Gasteiger partial charge in [0.05, 0.1) is 0 Å². The smallest absolute Gasteiger partial charge is 0.296 e. The summed E-state index contributed by atoms with van der Waals surface area (Å²) in [7, 11) is 0. The molecule has 0 saturated carbocycles. The summed E-state index contributed by atoms with van der Waals surface area (Å²) in [6.45, 7) is 4.38. The predicted molar refractivity (Wildman–Crippen MR) is 105 cm³/mol. The fourth-order valence-corrected chi connectivity index (χ4v) is 3.41. The lowest BCUT2D eigenvalue weighted by Crippen LogP contribution is -2.01. The molecule has 1 aromatic heterocycles. The maximum atomic E-state index is 10.9. The minimum absolute atomic E-state index is 0.286. The van der Waals surface area contributed by atoms with Crippen molar-refractivity contribution in [1.82, 2.24) is 10.1 Å². The molecule has 0 saturated heterocycles. The summed E-state index contributed by atoms with van der Waals surface area (Å²) in [5, 5.41) is 3.76. The molecule has 1 atom stereocenters. The number of hydrogen-bond acceptors (Lipinski definition) is 3. The number of hydrogen-bond donors (Lipinski definition) is 1. The van der Waals surface area contributed by atoms with E-state index in [2.05, 4.69) is 28.5 Å². The Morgan fingerprint density at radius 3 is 1.64 bits per heavy atom. The van der Waals surface area contributed by atoms with E-state index in [9.17, 15) is 4.79 Å². The Labute approximate surface area is 154 Å². The van der Waals surface area contributed by atoms with E-state index >= 15 is 0 Å². The predicted octanol–water partition coefficient (Wildman–Crippen LogP) is 6.73. The van der Waals surface area contributed by atoms with Crippen LogP contribution >= 0.6 is 0 Å². The van der Waals surface area contributed by atoms with Crippen molar-refractivity contribution in [3.63, 3.8) is 0 Å². The van der Waals surface area contributed by atoms with Gasteiger partial charge < -0.3 is 0 Å². The van der Waals surface area contributed by atoms with Crippen LogP contribution in [0.3, 0.4) is 0 Å². The summed E-state index contributed by atoms with van der Waals surface area (Å²) in [4.78, 5) is 13.6.